The smallest absolute Gasteiger partial charge is 0.136 e. The van der Waals surface area contributed by atoms with Crippen molar-refractivity contribution in [2.24, 2.45) is 23.2 Å². The van der Waals surface area contributed by atoms with Crippen molar-refractivity contribution in [3.05, 3.63) is 0 Å². The van der Waals surface area contributed by atoms with E-state index in [0.29, 0.717) is 17.6 Å². The van der Waals surface area contributed by atoms with E-state index in [1.807, 2.05) is 13.8 Å². The van der Waals surface area contributed by atoms with Crippen LogP contribution in [0.5, 0.6) is 0 Å². The monoisotopic (exact) mass is 180 g/mol. The highest BCUT2D eigenvalue weighted by Gasteiger charge is 2.50. The molecule has 0 N–H and O–H groups in total. The third kappa shape index (κ3) is 1.23. The number of carbonyl (C=O) groups is 2. The highest BCUT2D eigenvalue weighted by Crippen LogP contribution is 2.52. The van der Waals surface area contributed by atoms with Crippen LogP contribution in [0, 0.1) is 23.2 Å². The molecule has 0 aliphatic heterocycles. The number of aldehydes is 1. The van der Waals surface area contributed by atoms with Gasteiger partial charge >= 0.3 is 0 Å². The molecule has 2 nitrogen and oxygen atoms in total. The van der Waals surface area contributed by atoms with Crippen LogP contribution in [0.4, 0.5) is 0 Å². The molecule has 2 rings (SSSR count). The van der Waals surface area contributed by atoms with E-state index in [2.05, 4.69) is 0 Å². The van der Waals surface area contributed by atoms with Gasteiger partial charge in [0.1, 0.15) is 12.1 Å². The first-order valence-electron chi connectivity index (χ1n) is 5.05. The lowest BCUT2D eigenvalue weighted by Gasteiger charge is -2.17. The van der Waals surface area contributed by atoms with Crippen LogP contribution in [0.2, 0.25) is 0 Å². The van der Waals surface area contributed by atoms with Gasteiger partial charge in [-0.05, 0) is 24.7 Å². The van der Waals surface area contributed by atoms with E-state index < -0.39 is 0 Å². The number of ketones is 1. The fourth-order valence-electron chi connectivity index (χ4n) is 3.13. The predicted octanol–water partition coefficient (Wildman–Crippen LogP) is 1.83. The zero-order valence-electron chi connectivity index (χ0n) is 8.25. The summed E-state index contributed by atoms with van der Waals surface area (Å²) in [6.45, 7) is 4.04. The number of Topliss-reactive ketones (excluding diaryl/α,β-unsaturated/α-hetero) is 1. The molecule has 0 heterocycles. The van der Waals surface area contributed by atoms with Crippen molar-refractivity contribution >= 4 is 12.1 Å². The Kier molecular flexibility index (Phi) is 1.83. The molecule has 0 spiro atoms. The molecule has 13 heavy (non-hydrogen) atoms. The molecule has 0 bridgehead atoms. The van der Waals surface area contributed by atoms with Gasteiger partial charge in [-0.2, -0.15) is 0 Å². The Balaban J connectivity index is 2.17. The van der Waals surface area contributed by atoms with Crippen molar-refractivity contribution < 1.29 is 9.59 Å². The van der Waals surface area contributed by atoms with Crippen LogP contribution in [0.15, 0.2) is 0 Å². The summed E-state index contributed by atoms with van der Waals surface area (Å²) in [7, 11) is 0. The second kappa shape index (κ2) is 2.66. The Morgan fingerprint density at radius 1 is 1.46 bits per heavy atom. The first kappa shape index (κ1) is 8.92. The van der Waals surface area contributed by atoms with E-state index in [1.54, 1.807) is 0 Å². The summed E-state index contributed by atoms with van der Waals surface area (Å²) in [6.07, 6.45) is 3.66. The Morgan fingerprint density at radius 2 is 2.15 bits per heavy atom. The van der Waals surface area contributed by atoms with E-state index >= 15 is 0 Å². The van der Waals surface area contributed by atoms with Gasteiger partial charge in [-0.25, -0.2) is 0 Å². The Labute approximate surface area is 78.7 Å². The average molecular weight is 180 g/mol. The first-order valence-corrected chi connectivity index (χ1v) is 5.05. The third-order valence-corrected chi connectivity index (χ3v) is 3.93. The molecule has 2 saturated carbocycles. The van der Waals surface area contributed by atoms with Gasteiger partial charge in [0.2, 0.25) is 0 Å². The maximum absolute atomic E-state index is 11.4. The van der Waals surface area contributed by atoms with E-state index in [4.69, 9.17) is 0 Å². The predicted molar refractivity (Wildman–Crippen MR) is 49.2 cm³/mol. The van der Waals surface area contributed by atoms with Crippen LogP contribution >= 0.6 is 0 Å². The van der Waals surface area contributed by atoms with Crippen LogP contribution < -0.4 is 0 Å². The standard InChI is InChI=1S/C11H16O2/c1-7-9-5-11(2,6-12)4-8(9)3-10(7)13/h6-9H,3-5H2,1-2H3/t7-,8-,9-,11-/m1/s1. The molecule has 0 aromatic heterocycles. The number of hydrogen-bond acceptors (Lipinski definition) is 2. The van der Waals surface area contributed by atoms with Crippen molar-refractivity contribution in [2.45, 2.75) is 33.1 Å². The molecular weight excluding hydrogens is 164 g/mol. The zero-order chi connectivity index (χ0) is 9.64. The Hall–Kier alpha value is -0.660. The molecule has 0 unspecified atom stereocenters. The minimum atomic E-state index is -0.135. The second-order valence-corrected chi connectivity index (χ2v) is 5.06. The molecule has 0 saturated heterocycles. The first-order chi connectivity index (χ1) is 6.06. The lowest BCUT2D eigenvalue weighted by atomic mass is 9.86. The summed E-state index contributed by atoms with van der Waals surface area (Å²) in [5.41, 5.74) is -0.135. The lowest BCUT2D eigenvalue weighted by molar-refractivity contribution is -0.122. The van der Waals surface area contributed by atoms with Gasteiger partial charge in [0.25, 0.3) is 0 Å². The van der Waals surface area contributed by atoms with Crippen molar-refractivity contribution in [3.63, 3.8) is 0 Å². The minimum absolute atomic E-state index is 0.135. The van der Waals surface area contributed by atoms with Crippen LogP contribution in [0.3, 0.4) is 0 Å². The number of fused-ring (bicyclic) bond motifs is 1. The van der Waals surface area contributed by atoms with Crippen LogP contribution in [0.25, 0.3) is 0 Å². The molecule has 4 atom stereocenters. The summed E-state index contributed by atoms with van der Waals surface area (Å²) in [4.78, 5) is 22.3. The largest absolute Gasteiger partial charge is 0.303 e. The summed E-state index contributed by atoms with van der Waals surface area (Å²) in [5.74, 6) is 1.59. The summed E-state index contributed by atoms with van der Waals surface area (Å²) < 4.78 is 0. The van der Waals surface area contributed by atoms with E-state index in [9.17, 15) is 9.59 Å². The minimum Gasteiger partial charge on any atom is -0.303 e. The van der Waals surface area contributed by atoms with E-state index in [0.717, 1.165) is 25.5 Å². The molecule has 72 valence electrons. The molecule has 2 fully saturated rings. The molecule has 0 aromatic rings. The summed E-state index contributed by atoms with van der Waals surface area (Å²) in [5, 5.41) is 0. The fraction of sp³-hybridized carbons (Fsp3) is 0.818. The maximum atomic E-state index is 11.4. The number of carbonyl (C=O) groups excluding carboxylic acids is 2. The lowest BCUT2D eigenvalue weighted by Crippen LogP contribution is -2.18. The summed E-state index contributed by atoms with van der Waals surface area (Å²) in [6, 6.07) is 0. The molecule has 2 aliphatic rings. The highest BCUT2D eigenvalue weighted by atomic mass is 16.1. The molecule has 2 aliphatic carbocycles. The molecular formula is C11H16O2. The Bertz CT molecular complexity index is 259. The van der Waals surface area contributed by atoms with Gasteiger partial charge in [-0.1, -0.05) is 13.8 Å². The van der Waals surface area contributed by atoms with Crippen molar-refractivity contribution in [3.8, 4) is 0 Å². The van der Waals surface area contributed by atoms with Crippen LogP contribution in [-0.4, -0.2) is 12.1 Å². The van der Waals surface area contributed by atoms with Gasteiger partial charge in [0.15, 0.2) is 0 Å². The zero-order valence-corrected chi connectivity index (χ0v) is 8.25. The van der Waals surface area contributed by atoms with Gasteiger partial charge in [0, 0.05) is 17.8 Å². The van der Waals surface area contributed by atoms with Crippen LogP contribution in [-0.2, 0) is 9.59 Å². The van der Waals surface area contributed by atoms with Crippen molar-refractivity contribution in [1.82, 2.24) is 0 Å². The molecule has 2 heteroatoms. The highest BCUT2D eigenvalue weighted by molar-refractivity contribution is 5.84. The van der Waals surface area contributed by atoms with Gasteiger partial charge < -0.3 is 4.79 Å². The maximum Gasteiger partial charge on any atom is 0.136 e. The summed E-state index contributed by atoms with van der Waals surface area (Å²) >= 11 is 0. The molecule has 0 radical (unpaired) electrons. The normalized spacial score (nSPS) is 49.4. The van der Waals surface area contributed by atoms with Crippen molar-refractivity contribution in [2.75, 3.05) is 0 Å². The van der Waals surface area contributed by atoms with Crippen LogP contribution in [0.1, 0.15) is 33.1 Å². The quantitative estimate of drug-likeness (QED) is 0.577. The van der Waals surface area contributed by atoms with Gasteiger partial charge in [0.05, 0.1) is 0 Å². The van der Waals surface area contributed by atoms with Crippen molar-refractivity contribution in [1.29, 1.82) is 0 Å². The Morgan fingerprint density at radius 3 is 2.69 bits per heavy atom. The fourth-order valence-corrected chi connectivity index (χ4v) is 3.13. The number of rotatable bonds is 1. The average Bonchev–Trinajstić information content (AvgIpc) is 2.52. The topological polar surface area (TPSA) is 34.1 Å². The van der Waals surface area contributed by atoms with Gasteiger partial charge in [-0.3, -0.25) is 4.79 Å². The van der Waals surface area contributed by atoms with E-state index in [-0.39, 0.29) is 11.3 Å². The third-order valence-electron chi connectivity index (χ3n) is 3.93. The molecule has 0 aromatic carbocycles. The molecule has 0 amide bonds. The second-order valence-electron chi connectivity index (χ2n) is 5.06. The SMILES string of the molecule is C[C@H]1C(=O)C[C@@H]2C[C@@](C)(C=O)C[C@@H]21. The number of hydrogen-bond donors (Lipinski definition) is 0. The van der Waals surface area contributed by atoms with Gasteiger partial charge in [-0.15, -0.1) is 0 Å². The van der Waals surface area contributed by atoms with E-state index in [1.165, 1.54) is 0 Å².